The molecule has 0 saturated heterocycles. The summed E-state index contributed by atoms with van der Waals surface area (Å²) in [6.45, 7) is 0.665. The van der Waals surface area contributed by atoms with Crippen LogP contribution in [0.1, 0.15) is 31.2 Å². The number of benzene rings is 2. The monoisotopic (exact) mass is 425 g/mol. The predicted molar refractivity (Wildman–Crippen MR) is 128 cm³/mol. The fourth-order valence-corrected chi connectivity index (χ4v) is 4.42. The zero-order valence-electron chi connectivity index (χ0n) is 18.3. The van der Waals surface area contributed by atoms with E-state index in [9.17, 15) is 0 Å². The zero-order valence-corrected chi connectivity index (χ0v) is 18.3. The lowest BCUT2D eigenvalue weighted by Crippen LogP contribution is -2.18. The van der Waals surface area contributed by atoms with E-state index in [-0.39, 0.29) is 6.10 Å². The fraction of sp³-hybridized carbons (Fsp3) is 0.259. The Morgan fingerprint density at radius 3 is 2.59 bits per heavy atom. The first-order valence-corrected chi connectivity index (χ1v) is 11.2. The van der Waals surface area contributed by atoms with E-state index in [2.05, 4.69) is 51.3 Å². The van der Waals surface area contributed by atoms with Crippen LogP contribution in [0, 0.1) is 0 Å². The molecule has 5 rings (SSSR count). The molecule has 0 radical (unpaired) electrons. The molecule has 0 spiro atoms. The number of fused-ring (bicyclic) bond motifs is 1. The zero-order chi connectivity index (χ0) is 21.8. The molecule has 0 bridgehead atoms. The average Bonchev–Trinajstić information content (AvgIpc) is 3.36. The summed E-state index contributed by atoms with van der Waals surface area (Å²) in [5.41, 5.74) is 3.19. The van der Waals surface area contributed by atoms with E-state index in [0.717, 1.165) is 52.1 Å². The molecule has 0 N–H and O–H groups in total. The number of aromatic nitrogens is 2. The van der Waals surface area contributed by atoms with Crippen LogP contribution in [-0.2, 0) is 6.54 Å². The van der Waals surface area contributed by atoms with Crippen molar-refractivity contribution in [2.75, 3.05) is 12.0 Å². The van der Waals surface area contributed by atoms with Crippen molar-refractivity contribution in [1.82, 2.24) is 9.97 Å². The van der Waals surface area contributed by atoms with Gasteiger partial charge in [0.25, 0.3) is 0 Å². The molecule has 5 heteroatoms. The number of pyridine rings is 2. The highest BCUT2D eigenvalue weighted by Crippen LogP contribution is 2.39. The van der Waals surface area contributed by atoms with Crippen molar-refractivity contribution in [3.63, 3.8) is 0 Å². The Morgan fingerprint density at radius 1 is 0.906 bits per heavy atom. The molecule has 162 valence electrons. The van der Waals surface area contributed by atoms with Gasteiger partial charge in [0.1, 0.15) is 0 Å². The Hall–Kier alpha value is -3.60. The number of anilines is 2. The van der Waals surface area contributed by atoms with Gasteiger partial charge in [-0.2, -0.15) is 0 Å². The number of hydrogen-bond donors (Lipinski definition) is 0. The molecule has 1 saturated carbocycles. The summed E-state index contributed by atoms with van der Waals surface area (Å²) in [7, 11) is 1.69. The van der Waals surface area contributed by atoms with Gasteiger partial charge < -0.3 is 14.4 Å². The largest absolute Gasteiger partial charge is 0.493 e. The minimum absolute atomic E-state index is 0.255. The highest BCUT2D eigenvalue weighted by molar-refractivity contribution is 5.95. The molecule has 5 nitrogen and oxygen atoms in total. The third-order valence-corrected chi connectivity index (χ3v) is 6.06. The van der Waals surface area contributed by atoms with Gasteiger partial charge in [-0.1, -0.05) is 30.3 Å². The van der Waals surface area contributed by atoms with Gasteiger partial charge in [-0.3, -0.25) is 9.97 Å². The molecular formula is C27H27N3O2. The van der Waals surface area contributed by atoms with E-state index in [1.807, 2.05) is 36.8 Å². The van der Waals surface area contributed by atoms with Crippen LogP contribution in [0.25, 0.3) is 10.8 Å². The minimum atomic E-state index is 0.255. The molecule has 1 aliphatic carbocycles. The van der Waals surface area contributed by atoms with Gasteiger partial charge >= 0.3 is 0 Å². The minimum Gasteiger partial charge on any atom is -0.493 e. The van der Waals surface area contributed by atoms with Crippen LogP contribution >= 0.6 is 0 Å². The Morgan fingerprint density at radius 2 is 1.78 bits per heavy atom. The van der Waals surface area contributed by atoms with Crippen molar-refractivity contribution in [2.24, 2.45) is 0 Å². The lowest BCUT2D eigenvalue weighted by atomic mass is 10.1. The van der Waals surface area contributed by atoms with E-state index in [4.69, 9.17) is 9.47 Å². The second-order valence-corrected chi connectivity index (χ2v) is 8.19. The summed E-state index contributed by atoms with van der Waals surface area (Å²) >= 11 is 0. The average molecular weight is 426 g/mol. The molecule has 4 aromatic rings. The summed E-state index contributed by atoms with van der Waals surface area (Å²) in [6, 6.07) is 18.6. The first kappa shape index (κ1) is 20.3. The molecular weight excluding hydrogens is 398 g/mol. The normalized spacial score (nSPS) is 13.9. The highest BCUT2D eigenvalue weighted by atomic mass is 16.5. The van der Waals surface area contributed by atoms with Gasteiger partial charge in [0.15, 0.2) is 11.5 Å². The van der Waals surface area contributed by atoms with E-state index < -0.39 is 0 Å². The summed E-state index contributed by atoms with van der Waals surface area (Å²) in [5.74, 6) is 1.55. The van der Waals surface area contributed by atoms with Crippen LogP contribution in [0.15, 0.2) is 79.4 Å². The number of methoxy groups -OCH3 is 1. The van der Waals surface area contributed by atoms with Gasteiger partial charge in [0.05, 0.1) is 25.1 Å². The van der Waals surface area contributed by atoms with Gasteiger partial charge in [-0.25, -0.2) is 0 Å². The fourth-order valence-electron chi connectivity index (χ4n) is 4.42. The Balaban J connectivity index is 1.60. The molecule has 1 aliphatic rings. The maximum atomic E-state index is 6.38. The first-order valence-electron chi connectivity index (χ1n) is 11.2. The SMILES string of the molecule is COc1ccc(N(Cc2cccnc2)c2cncc3ccccc23)cc1OC1CCCC1. The van der Waals surface area contributed by atoms with Gasteiger partial charge in [0.2, 0.25) is 0 Å². The maximum Gasteiger partial charge on any atom is 0.163 e. The van der Waals surface area contributed by atoms with Crippen LogP contribution in [0.3, 0.4) is 0 Å². The molecule has 2 aromatic heterocycles. The van der Waals surface area contributed by atoms with Crippen LogP contribution in [-0.4, -0.2) is 23.2 Å². The van der Waals surface area contributed by atoms with Crippen molar-refractivity contribution >= 4 is 22.1 Å². The topological polar surface area (TPSA) is 47.5 Å². The Labute approximate surface area is 188 Å². The molecule has 2 heterocycles. The smallest absolute Gasteiger partial charge is 0.163 e. The van der Waals surface area contributed by atoms with Crippen molar-refractivity contribution in [1.29, 1.82) is 0 Å². The lowest BCUT2D eigenvalue weighted by Gasteiger charge is -2.27. The van der Waals surface area contributed by atoms with Crippen molar-refractivity contribution in [3.8, 4) is 11.5 Å². The van der Waals surface area contributed by atoms with Crippen LogP contribution in [0.5, 0.6) is 11.5 Å². The van der Waals surface area contributed by atoms with E-state index in [0.29, 0.717) is 6.54 Å². The second kappa shape index (κ2) is 9.27. The summed E-state index contributed by atoms with van der Waals surface area (Å²) in [4.78, 5) is 11.1. The van der Waals surface area contributed by atoms with Crippen LogP contribution in [0.2, 0.25) is 0 Å². The van der Waals surface area contributed by atoms with E-state index >= 15 is 0 Å². The molecule has 0 unspecified atom stereocenters. The summed E-state index contributed by atoms with van der Waals surface area (Å²) in [5, 5.41) is 2.26. The maximum absolute atomic E-state index is 6.38. The van der Waals surface area contributed by atoms with Crippen molar-refractivity contribution < 1.29 is 9.47 Å². The quantitative estimate of drug-likeness (QED) is 0.348. The number of rotatable bonds is 7. The molecule has 32 heavy (non-hydrogen) atoms. The Kier molecular flexibility index (Phi) is 5.88. The van der Waals surface area contributed by atoms with Crippen LogP contribution in [0.4, 0.5) is 11.4 Å². The van der Waals surface area contributed by atoms with Gasteiger partial charge in [-0.05, 0) is 49.4 Å². The predicted octanol–water partition coefficient (Wildman–Crippen LogP) is 6.30. The lowest BCUT2D eigenvalue weighted by molar-refractivity contribution is 0.201. The molecule has 0 aliphatic heterocycles. The van der Waals surface area contributed by atoms with Gasteiger partial charge in [0, 0.05) is 47.7 Å². The van der Waals surface area contributed by atoms with Crippen molar-refractivity contribution in [3.05, 3.63) is 84.9 Å². The highest BCUT2D eigenvalue weighted by Gasteiger charge is 2.21. The standard InChI is InChI=1S/C27H27N3O2/c1-31-26-13-12-22(15-27(26)32-23-9-3-4-10-23)30(19-20-7-6-14-28-16-20)25-18-29-17-21-8-2-5-11-24(21)25/h2,5-8,11-18,23H,3-4,9-10,19H2,1H3. The van der Waals surface area contributed by atoms with E-state index in [1.54, 1.807) is 13.3 Å². The summed E-state index contributed by atoms with van der Waals surface area (Å²) in [6.07, 6.45) is 12.4. The third-order valence-electron chi connectivity index (χ3n) is 6.06. The second-order valence-electron chi connectivity index (χ2n) is 8.19. The first-order chi connectivity index (χ1) is 15.8. The van der Waals surface area contributed by atoms with Crippen molar-refractivity contribution in [2.45, 2.75) is 38.3 Å². The summed E-state index contributed by atoms with van der Waals surface area (Å²) < 4.78 is 12.0. The number of hydrogen-bond acceptors (Lipinski definition) is 5. The number of ether oxygens (including phenoxy) is 2. The number of nitrogens with zero attached hydrogens (tertiary/aromatic N) is 3. The van der Waals surface area contributed by atoms with Crippen LogP contribution < -0.4 is 14.4 Å². The van der Waals surface area contributed by atoms with Gasteiger partial charge in [-0.15, -0.1) is 0 Å². The van der Waals surface area contributed by atoms with E-state index in [1.165, 1.54) is 12.8 Å². The molecule has 0 amide bonds. The Bertz CT molecular complexity index is 1180. The molecule has 2 aromatic carbocycles. The molecule has 1 fully saturated rings. The molecule has 0 atom stereocenters. The third kappa shape index (κ3) is 4.24.